The summed E-state index contributed by atoms with van der Waals surface area (Å²) in [6.07, 6.45) is 1.00. The van der Waals surface area contributed by atoms with Gasteiger partial charge in [-0.05, 0) is 42.4 Å². The molecule has 0 amide bonds. The van der Waals surface area contributed by atoms with Crippen LogP contribution >= 0.6 is 15.9 Å². The average Bonchev–Trinajstić information content (AvgIpc) is 2.89. The summed E-state index contributed by atoms with van der Waals surface area (Å²) in [5.74, 6) is 1.07. The van der Waals surface area contributed by atoms with E-state index in [-0.39, 0.29) is 0 Å². The van der Waals surface area contributed by atoms with Gasteiger partial charge in [0, 0.05) is 35.2 Å². The zero-order valence-corrected chi connectivity index (χ0v) is 13.7. The summed E-state index contributed by atoms with van der Waals surface area (Å²) in [6, 6.07) is 12.4. The third-order valence-corrected chi connectivity index (χ3v) is 4.16. The van der Waals surface area contributed by atoms with Crippen molar-refractivity contribution in [2.75, 3.05) is 19.4 Å². The minimum absolute atomic E-state index is 0.792. The van der Waals surface area contributed by atoms with E-state index in [0.717, 1.165) is 42.0 Å². The normalized spacial score (nSPS) is 13.3. The minimum Gasteiger partial charge on any atom is -0.493 e. The van der Waals surface area contributed by atoms with Crippen LogP contribution in [0.2, 0.25) is 0 Å². The number of fused-ring (bicyclic) bond motifs is 1. The zero-order valence-electron chi connectivity index (χ0n) is 12.1. The van der Waals surface area contributed by atoms with Gasteiger partial charge in [-0.15, -0.1) is 0 Å². The van der Waals surface area contributed by atoms with Crippen molar-refractivity contribution in [2.24, 2.45) is 0 Å². The van der Waals surface area contributed by atoms with Gasteiger partial charge in [-0.25, -0.2) is 0 Å². The maximum atomic E-state index is 5.79. The summed E-state index contributed by atoms with van der Waals surface area (Å²) >= 11 is 3.59. The summed E-state index contributed by atoms with van der Waals surface area (Å²) < 4.78 is 6.91. The lowest BCUT2D eigenvalue weighted by Crippen LogP contribution is -2.17. The fraction of sp³-hybridized carbons (Fsp3) is 0.294. The monoisotopic (exact) mass is 346 g/mol. The number of ether oxygens (including phenoxy) is 1. The van der Waals surface area contributed by atoms with Crippen LogP contribution in [0.3, 0.4) is 0 Å². The first-order valence-electron chi connectivity index (χ1n) is 7.09. The van der Waals surface area contributed by atoms with Crippen LogP contribution in [0.15, 0.2) is 40.9 Å². The number of nitrogen functional groups attached to an aromatic ring is 1. The highest BCUT2D eigenvalue weighted by molar-refractivity contribution is 9.10. The van der Waals surface area contributed by atoms with Crippen LogP contribution < -0.4 is 10.5 Å². The Morgan fingerprint density at radius 1 is 1.19 bits per heavy atom. The maximum Gasteiger partial charge on any atom is 0.127 e. The van der Waals surface area contributed by atoms with Crippen molar-refractivity contribution in [1.82, 2.24) is 4.90 Å². The van der Waals surface area contributed by atoms with Crippen molar-refractivity contribution < 1.29 is 4.74 Å². The van der Waals surface area contributed by atoms with Crippen molar-refractivity contribution in [3.05, 3.63) is 57.6 Å². The van der Waals surface area contributed by atoms with Gasteiger partial charge in [0.05, 0.1) is 6.61 Å². The first-order chi connectivity index (χ1) is 10.1. The number of hydrogen-bond acceptors (Lipinski definition) is 3. The molecule has 0 spiro atoms. The molecule has 0 saturated heterocycles. The van der Waals surface area contributed by atoms with Crippen LogP contribution in [0.25, 0.3) is 0 Å². The van der Waals surface area contributed by atoms with E-state index in [9.17, 15) is 0 Å². The van der Waals surface area contributed by atoms with E-state index in [2.05, 4.69) is 52.1 Å². The first-order valence-corrected chi connectivity index (χ1v) is 7.88. The SMILES string of the molecule is CN(Cc1ccc(N)cc1)Cc1cc(Br)cc2c1OCC2. The molecule has 110 valence electrons. The molecule has 0 radical (unpaired) electrons. The number of nitrogens with zero attached hydrogens (tertiary/aromatic N) is 1. The van der Waals surface area contributed by atoms with Crippen molar-refractivity contribution in [2.45, 2.75) is 19.5 Å². The summed E-state index contributed by atoms with van der Waals surface area (Å²) in [5, 5.41) is 0. The molecule has 0 atom stereocenters. The van der Waals surface area contributed by atoms with Crippen molar-refractivity contribution in [3.8, 4) is 5.75 Å². The first kappa shape index (κ1) is 14.4. The van der Waals surface area contributed by atoms with Crippen LogP contribution in [0.5, 0.6) is 5.75 Å². The number of rotatable bonds is 4. The fourth-order valence-electron chi connectivity index (χ4n) is 2.74. The lowest BCUT2D eigenvalue weighted by Gasteiger charge is -2.19. The molecule has 4 heteroatoms. The molecular weight excluding hydrogens is 328 g/mol. The molecule has 3 nitrogen and oxygen atoms in total. The lowest BCUT2D eigenvalue weighted by atomic mass is 10.1. The predicted molar refractivity (Wildman–Crippen MR) is 89.4 cm³/mol. The van der Waals surface area contributed by atoms with Crippen LogP contribution in [-0.4, -0.2) is 18.6 Å². The van der Waals surface area contributed by atoms with Gasteiger partial charge in [0.1, 0.15) is 5.75 Å². The molecule has 0 saturated carbocycles. The van der Waals surface area contributed by atoms with Gasteiger partial charge in [0.2, 0.25) is 0 Å². The second-order valence-electron chi connectivity index (χ2n) is 5.57. The Morgan fingerprint density at radius 3 is 2.71 bits per heavy atom. The zero-order chi connectivity index (χ0) is 14.8. The fourth-order valence-corrected chi connectivity index (χ4v) is 3.30. The van der Waals surface area contributed by atoms with Crippen LogP contribution in [0.4, 0.5) is 5.69 Å². The molecule has 21 heavy (non-hydrogen) atoms. The molecule has 0 bridgehead atoms. The van der Waals surface area contributed by atoms with Gasteiger partial charge in [-0.2, -0.15) is 0 Å². The third-order valence-electron chi connectivity index (χ3n) is 3.70. The van der Waals surface area contributed by atoms with Crippen molar-refractivity contribution in [3.63, 3.8) is 0 Å². The summed E-state index contributed by atoms with van der Waals surface area (Å²) in [6.45, 7) is 2.55. The topological polar surface area (TPSA) is 38.5 Å². The quantitative estimate of drug-likeness (QED) is 0.859. The highest BCUT2D eigenvalue weighted by atomic mass is 79.9. The highest BCUT2D eigenvalue weighted by Crippen LogP contribution is 2.33. The van der Waals surface area contributed by atoms with E-state index >= 15 is 0 Å². The van der Waals surface area contributed by atoms with Gasteiger partial charge in [0.15, 0.2) is 0 Å². The summed E-state index contributed by atoms with van der Waals surface area (Å²) in [4.78, 5) is 2.29. The molecule has 2 N–H and O–H groups in total. The number of anilines is 1. The average molecular weight is 347 g/mol. The standard InChI is InChI=1S/C17H19BrN2O/c1-20(10-12-2-4-16(19)5-3-12)11-14-9-15(18)8-13-6-7-21-17(13)14/h2-5,8-9H,6-7,10-11,19H2,1H3. The Morgan fingerprint density at radius 2 is 1.95 bits per heavy atom. The van der Waals surface area contributed by atoms with Crippen molar-refractivity contribution in [1.29, 1.82) is 0 Å². The molecule has 0 fully saturated rings. The van der Waals surface area contributed by atoms with Crippen LogP contribution in [0, 0.1) is 0 Å². The van der Waals surface area contributed by atoms with Gasteiger partial charge in [-0.3, -0.25) is 4.90 Å². The molecule has 1 heterocycles. The third kappa shape index (κ3) is 3.39. The second kappa shape index (κ2) is 6.08. The lowest BCUT2D eigenvalue weighted by molar-refractivity contribution is 0.304. The van der Waals surface area contributed by atoms with E-state index in [1.54, 1.807) is 0 Å². The number of nitrogens with two attached hydrogens (primary N) is 1. The molecule has 1 aliphatic rings. The predicted octanol–water partition coefficient (Wildman–Crippen LogP) is 3.60. The van der Waals surface area contributed by atoms with E-state index in [1.807, 2.05) is 12.1 Å². The molecule has 3 rings (SSSR count). The molecule has 0 unspecified atom stereocenters. The number of halogens is 1. The Labute approximate surface area is 133 Å². The Bertz CT molecular complexity index is 640. The molecular formula is C17H19BrN2O. The summed E-state index contributed by atoms with van der Waals surface area (Å²) in [7, 11) is 2.12. The molecule has 2 aromatic rings. The van der Waals surface area contributed by atoms with Gasteiger partial charge in [-0.1, -0.05) is 28.1 Å². The highest BCUT2D eigenvalue weighted by Gasteiger charge is 2.18. The smallest absolute Gasteiger partial charge is 0.127 e. The Hall–Kier alpha value is -1.52. The van der Waals surface area contributed by atoms with E-state index in [4.69, 9.17) is 10.5 Å². The maximum absolute atomic E-state index is 5.79. The van der Waals surface area contributed by atoms with E-state index < -0.39 is 0 Å². The van der Waals surface area contributed by atoms with Gasteiger partial charge >= 0.3 is 0 Å². The number of hydrogen-bond donors (Lipinski definition) is 1. The van der Waals surface area contributed by atoms with E-state index in [1.165, 1.54) is 16.7 Å². The molecule has 0 aromatic heterocycles. The van der Waals surface area contributed by atoms with Crippen LogP contribution in [-0.2, 0) is 19.5 Å². The van der Waals surface area contributed by atoms with E-state index in [0.29, 0.717) is 0 Å². The molecule has 2 aromatic carbocycles. The van der Waals surface area contributed by atoms with Gasteiger partial charge in [0.25, 0.3) is 0 Å². The molecule has 1 aliphatic heterocycles. The minimum atomic E-state index is 0.792. The van der Waals surface area contributed by atoms with Crippen molar-refractivity contribution >= 4 is 21.6 Å². The second-order valence-corrected chi connectivity index (χ2v) is 6.48. The van der Waals surface area contributed by atoms with Crippen LogP contribution in [0.1, 0.15) is 16.7 Å². The largest absolute Gasteiger partial charge is 0.493 e. The Kier molecular flexibility index (Phi) is 4.17. The number of benzene rings is 2. The molecule has 0 aliphatic carbocycles. The van der Waals surface area contributed by atoms with Gasteiger partial charge < -0.3 is 10.5 Å². The summed E-state index contributed by atoms with van der Waals surface area (Å²) in [5.41, 5.74) is 10.3. The Balaban J connectivity index is 1.73.